The average molecular weight is 418 g/mol. The molecule has 27 heavy (non-hydrogen) atoms. The number of para-hydroxylation sites is 1. The molecule has 2 aromatic carbocycles. The van der Waals surface area contributed by atoms with Gasteiger partial charge in [0.05, 0.1) is 11.2 Å². The molecule has 136 valence electrons. The summed E-state index contributed by atoms with van der Waals surface area (Å²) < 4.78 is 56.2. The number of halogens is 1. The van der Waals surface area contributed by atoms with Crippen LogP contribution in [0.1, 0.15) is 0 Å². The van der Waals surface area contributed by atoms with Crippen molar-refractivity contribution in [1.29, 1.82) is 0 Å². The molecule has 0 spiro atoms. The van der Waals surface area contributed by atoms with E-state index in [0.29, 0.717) is 10.9 Å². The third kappa shape index (κ3) is 5.58. The van der Waals surface area contributed by atoms with Crippen LogP contribution in [-0.4, -0.2) is 19.7 Å². The van der Waals surface area contributed by atoms with E-state index in [9.17, 15) is 22.3 Å². The zero-order valence-electron chi connectivity index (χ0n) is 14.2. The van der Waals surface area contributed by atoms with Crippen molar-refractivity contribution in [2.24, 2.45) is 0 Å². The minimum atomic E-state index is -4.60. The molecule has 0 aliphatic rings. The number of benzene rings is 2. The summed E-state index contributed by atoms with van der Waals surface area (Å²) in [5.74, 6) is -0.604. The van der Waals surface area contributed by atoms with E-state index in [1.807, 2.05) is 4.72 Å². The molecule has 0 saturated carbocycles. The van der Waals surface area contributed by atoms with Gasteiger partial charge < -0.3 is 9.42 Å². The quantitative estimate of drug-likeness (QED) is 0.417. The first-order valence-electron chi connectivity index (χ1n) is 7.35. The number of fused-ring (bicyclic) bond motifs is 1. The van der Waals surface area contributed by atoms with Gasteiger partial charge in [0.15, 0.2) is 13.3 Å². The summed E-state index contributed by atoms with van der Waals surface area (Å²) in [6.07, 6.45) is 0.526. The fourth-order valence-corrected chi connectivity index (χ4v) is 4.68. The largest absolute Gasteiger partial charge is 1.00 e. The molecule has 1 atom stereocenters. The van der Waals surface area contributed by atoms with Crippen molar-refractivity contribution in [3.63, 3.8) is 0 Å². The van der Waals surface area contributed by atoms with Gasteiger partial charge in [0.1, 0.15) is 11.3 Å². The molecular formula is C16H13FN2NaO5PS. The number of nitrogens with zero attached hydrogens (tertiary/aromatic N) is 1. The molecule has 11 heteroatoms. The Morgan fingerprint density at radius 2 is 1.78 bits per heavy atom. The standard InChI is InChI=1S/C16H14FN2O5PS.Na/c17-13-6-8-14(9-7-13)26(22,23)19-11-25(20,21)24-15-5-1-3-12-4-2-10-18-16(12)15;/h1-10,19H,11H2,(H,20,21);/q;+1/p-1. The van der Waals surface area contributed by atoms with Gasteiger partial charge in [0.2, 0.25) is 10.0 Å². The molecule has 1 aromatic heterocycles. The molecule has 1 N–H and O–H groups in total. The first-order chi connectivity index (χ1) is 12.3. The van der Waals surface area contributed by atoms with E-state index < -0.39 is 29.7 Å². The minimum absolute atomic E-state index is 0. The molecule has 1 unspecified atom stereocenters. The van der Waals surface area contributed by atoms with Crippen LogP contribution in [0.5, 0.6) is 5.75 Å². The summed E-state index contributed by atoms with van der Waals surface area (Å²) in [5.41, 5.74) is 0.340. The summed E-state index contributed by atoms with van der Waals surface area (Å²) >= 11 is 0. The van der Waals surface area contributed by atoms with Gasteiger partial charge in [0.25, 0.3) is 0 Å². The molecule has 0 radical (unpaired) electrons. The molecule has 0 fully saturated rings. The number of nitrogens with one attached hydrogen (secondary N) is 1. The summed E-state index contributed by atoms with van der Waals surface area (Å²) in [7, 11) is -8.73. The monoisotopic (exact) mass is 418 g/mol. The van der Waals surface area contributed by atoms with Crippen LogP contribution < -0.4 is 43.7 Å². The first-order valence-corrected chi connectivity index (χ1v) is 10.6. The molecule has 0 bridgehead atoms. The van der Waals surface area contributed by atoms with Crippen molar-refractivity contribution >= 4 is 28.5 Å². The van der Waals surface area contributed by atoms with E-state index in [1.54, 1.807) is 24.3 Å². The van der Waals surface area contributed by atoms with Crippen LogP contribution in [-0.2, 0) is 14.6 Å². The normalized spacial score (nSPS) is 13.6. The van der Waals surface area contributed by atoms with Crippen molar-refractivity contribution in [1.82, 2.24) is 9.71 Å². The average Bonchev–Trinajstić information content (AvgIpc) is 2.61. The van der Waals surface area contributed by atoms with Crippen LogP contribution in [0, 0.1) is 5.82 Å². The number of hydrogen-bond acceptors (Lipinski definition) is 6. The van der Waals surface area contributed by atoms with Gasteiger partial charge in [-0.1, -0.05) is 18.2 Å². The van der Waals surface area contributed by atoms with Crippen LogP contribution in [0.25, 0.3) is 10.9 Å². The third-order valence-corrected chi connectivity index (χ3v) is 6.06. The van der Waals surface area contributed by atoms with Crippen molar-refractivity contribution in [2.45, 2.75) is 4.90 Å². The van der Waals surface area contributed by atoms with Gasteiger partial charge >= 0.3 is 29.6 Å². The summed E-state index contributed by atoms with van der Waals surface area (Å²) in [5, 5.41) is 0.678. The SMILES string of the molecule is O=P([O-])(CNS(=O)(=O)c1ccc(F)cc1)Oc1cccc2cccnc12.[Na+]. The van der Waals surface area contributed by atoms with E-state index in [4.69, 9.17) is 4.52 Å². The van der Waals surface area contributed by atoms with Gasteiger partial charge in [-0.25, -0.2) is 17.5 Å². The van der Waals surface area contributed by atoms with E-state index in [0.717, 1.165) is 24.3 Å². The Kier molecular flexibility index (Phi) is 7.15. The van der Waals surface area contributed by atoms with Gasteiger partial charge in [-0.2, -0.15) is 0 Å². The number of hydrogen-bond donors (Lipinski definition) is 1. The topological polar surface area (TPSA) is 108 Å². The predicted octanol–water partition coefficient (Wildman–Crippen LogP) is -0.754. The smallest absolute Gasteiger partial charge is 0.768 e. The second-order valence-electron chi connectivity index (χ2n) is 5.29. The van der Waals surface area contributed by atoms with Crippen molar-refractivity contribution < 1.29 is 56.3 Å². The van der Waals surface area contributed by atoms with Gasteiger partial charge in [-0.05, 0) is 36.4 Å². The Morgan fingerprint density at radius 3 is 2.48 bits per heavy atom. The number of rotatable bonds is 6. The molecule has 1 heterocycles. The Balaban J connectivity index is 0.00000261. The maximum Gasteiger partial charge on any atom is 1.00 e. The second kappa shape index (κ2) is 8.79. The third-order valence-electron chi connectivity index (χ3n) is 3.41. The summed E-state index contributed by atoms with van der Waals surface area (Å²) in [6.45, 7) is 0. The van der Waals surface area contributed by atoms with Gasteiger partial charge in [0, 0.05) is 11.6 Å². The molecule has 0 aliphatic heterocycles. The maximum atomic E-state index is 12.9. The molecule has 0 amide bonds. The fraction of sp³-hybridized carbons (Fsp3) is 0.0625. The molecule has 3 aromatic rings. The predicted molar refractivity (Wildman–Crippen MR) is 91.6 cm³/mol. The van der Waals surface area contributed by atoms with Crippen LogP contribution in [0.4, 0.5) is 4.39 Å². The van der Waals surface area contributed by atoms with Crippen LogP contribution in [0.2, 0.25) is 0 Å². The Labute approximate surface area is 177 Å². The summed E-state index contributed by atoms with van der Waals surface area (Å²) in [6, 6.07) is 12.2. The molecule has 0 aliphatic carbocycles. The van der Waals surface area contributed by atoms with Crippen molar-refractivity contribution in [3.05, 3.63) is 66.6 Å². The Bertz CT molecular complexity index is 1090. The molecule has 3 rings (SSSR count). The van der Waals surface area contributed by atoms with Crippen molar-refractivity contribution in [3.8, 4) is 5.75 Å². The Hall–Kier alpha value is -1.32. The van der Waals surface area contributed by atoms with Crippen LogP contribution >= 0.6 is 7.60 Å². The first kappa shape index (κ1) is 22.0. The van der Waals surface area contributed by atoms with Gasteiger partial charge in [-0.3, -0.25) is 9.55 Å². The number of sulfonamides is 1. The van der Waals surface area contributed by atoms with Crippen LogP contribution in [0.3, 0.4) is 0 Å². The fourth-order valence-electron chi connectivity index (χ4n) is 2.19. The molecular weight excluding hydrogens is 405 g/mol. The van der Waals surface area contributed by atoms with E-state index >= 15 is 0 Å². The second-order valence-corrected chi connectivity index (χ2v) is 8.78. The minimum Gasteiger partial charge on any atom is -0.768 e. The molecule has 7 nitrogen and oxygen atoms in total. The van der Waals surface area contributed by atoms with E-state index in [1.165, 1.54) is 12.3 Å². The number of aromatic nitrogens is 1. The van der Waals surface area contributed by atoms with Gasteiger partial charge in [-0.15, -0.1) is 0 Å². The van der Waals surface area contributed by atoms with Crippen LogP contribution in [0.15, 0.2) is 65.7 Å². The molecule has 0 saturated heterocycles. The summed E-state index contributed by atoms with van der Waals surface area (Å²) in [4.78, 5) is 16.0. The zero-order valence-corrected chi connectivity index (χ0v) is 17.9. The number of pyridine rings is 1. The zero-order chi connectivity index (χ0) is 18.8. The van der Waals surface area contributed by atoms with Crippen molar-refractivity contribution in [2.75, 3.05) is 6.29 Å². The maximum absolute atomic E-state index is 12.9. The van der Waals surface area contributed by atoms with E-state index in [-0.39, 0.29) is 40.2 Å². The van der Waals surface area contributed by atoms with E-state index in [2.05, 4.69) is 4.98 Å². The Morgan fingerprint density at radius 1 is 1.11 bits per heavy atom.